The maximum atomic E-state index is 14.9. The van der Waals surface area contributed by atoms with Gasteiger partial charge in [-0.2, -0.15) is 0 Å². The smallest absolute Gasteiger partial charge is 0.162 e. The van der Waals surface area contributed by atoms with Gasteiger partial charge in [0.05, 0.1) is 0 Å². The summed E-state index contributed by atoms with van der Waals surface area (Å²) >= 11 is 0. The first-order valence-corrected chi connectivity index (χ1v) is 11.4. The molecule has 0 bridgehead atoms. The van der Waals surface area contributed by atoms with Gasteiger partial charge in [0.2, 0.25) is 0 Å². The summed E-state index contributed by atoms with van der Waals surface area (Å²) in [7, 11) is 0. The zero-order chi connectivity index (χ0) is 21.1. The highest BCUT2D eigenvalue weighted by Gasteiger charge is 2.27. The standard InChI is InChI=1S/C27H31F3/c1-18-7-8-20(17-25(18)28)10-9-19-11-13-22(14-12-19)24-16-15-23(26(29)27(24)30)21-5-3-2-4-6-21/h7-10,15-17,19,21-22H,2-6,11-14H2,1H3. The van der Waals surface area contributed by atoms with Crippen LogP contribution in [0.4, 0.5) is 13.2 Å². The molecule has 2 fully saturated rings. The Morgan fingerprint density at radius 2 is 1.33 bits per heavy atom. The zero-order valence-electron chi connectivity index (χ0n) is 17.8. The van der Waals surface area contributed by atoms with Crippen LogP contribution in [0.2, 0.25) is 0 Å². The van der Waals surface area contributed by atoms with E-state index in [0.29, 0.717) is 22.6 Å². The van der Waals surface area contributed by atoms with E-state index in [4.69, 9.17) is 0 Å². The predicted octanol–water partition coefficient (Wildman–Crippen LogP) is 8.45. The largest absolute Gasteiger partial charge is 0.207 e. The summed E-state index contributed by atoms with van der Waals surface area (Å²) in [4.78, 5) is 0. The molecule has 2 aliphatic carbocycles. The first-order chi connectivity index (χ1) is 14.5. The van der Waals surface area contributed by atoms with Crippen LogP contribution in [0.15, 0.2) is 36.4 Å². The molecule has 2 aromatic rings. The number of aryl methyl sites for hydroxylation is 1. The van der Waals surface area contributed by atoms with Gasteiger partial charge in [-0.25, -0.2) is 13.2 Å². The van der Waals surface area contributed by atoms with Crippen LogP contribution in [0.5, 0.6) is 0 Å². The van der Waals surface area contributed by atoms with Crippen molar-refractivity contribution in [2.45, 2.75) is 76.5 Å². The van der Waals surface area contributed by atoms with E-state index < -0.39 is 11.6 Å². The van der Waals surface area contributed by atoms with E-state index in [9.17, 15) is 13.2 Å². The third-order valence-electron chi connectivity index (χ3n) is 7.16. The van der Waals surface area contributed by atoms with Gasteiger partial charge in [-0.3, -0.25) is 0 Å². The molecular weight excluding hydrogens is 381 g/mol. The first-order valence-electron chi connectivity index (χ1n) is 11.4. The van der Waals surface area contributed by atoms with Crippen LogP contribution in [0.25, 0.3) is 6.08 Å². The van der Waals surface area contributed by atoms with Crippen LogP contribution in [-0.4, -0.2) is 0 Å². The molecule has 3 heteroatoms. The Morgan fingerprint density at radius 1 is 0.733 bits per heavy atom. The van der Waals surface area contributed by atoms with Crippen molar-refractivity contribution in [1.29, 1.82) is 0 Å². The van der Waals surface area contributed by atoms with Crippen LogP contribution in [0.3, 0.4) is 0 Å². The van der Waals surface area contributed by atoms with Crippen molar-refractivity contribution in [2.24, 2.45) is 5.92 Å². The summed E-state index contributed by atoms with van der Waals surface area (Å²) in [5.74, 6) is -0.749. The Hall–Kier alpha value is -2.03. The number of hydrogen-bond donors (Lipinski definition) is 0. The lowest BCUT2D eigenvalue weighted by Crippen LogP contribution is -2.15. The summed E-state index contributed by atoms with van der Waals surface area (Å²) in [6.45, 7) is 1.76. The molecule has 2 aliphatic rings. The van der Waals surface area contributed by atoms with Crippen LogP contribution < -0.4 is 0 Å². The fourth-order valence-corrected chi connectivity index (χ4v) is 5.21. The van der Waals surface area contributed by atoms with E-state index in [-0.39, 0.29) is 17.7 Å². The predicted molar refractivity (Wildman–Crippen MR) is 117 cm³/mol. The normalized spacial score (nSPS) is 23.2. The van der Waals surface area contributed by atoms with Crippen molar-refractivity contribution in [2.75, 3.05) is 0 Å². The SMILES string of the molecule is Cc1ccc(C=CC2CCC(c3ccc(C4CCCCC4)c(F)c3F)CC2)cc1F. The third-order valence-corrected chi connectivity index (χ3v) is 7.16. The lowest BCUT2D eigenvalue weighted by Gasteiger charge is -2.28. The molecular formula is C27H31F3. The lowest BCUT2D eigenvalue weighted by molar-refractivity contribution is 0.361. The van der Waals surface area contributed by atoms with Gasteiger partial charge in [0.1, 0.15) is 5.82 Å². The quantitative estimate of drug-likeness (QED) is 0.472. The highest BCUT2D eigenvalue weighted by molar-refractivity contribution is 5.50. The minimum absolute atomic E-state index is 0.0846. The second kappa shape index (κ2) is 9.41. The fraction of sp³-hybridized carbons (Fsp3) is 0.481. The molecule has 0 heterocycles. The number of benzene rings is 2. The Balaban J connectivity index is 1.39. The van der Waals surface area contributed by atoms with Crippen LogP contribution >= 0.6 is 0 Å². The summed E-state index contributed by atoms with van der Waals surface area (Å²) in [5.41, 5.74) is 2.65. The molecule has 0 atom stereocenters. The van der Waals surface area contributed by atoms with E-state index in [1.807, 2.05) is 24.3 Å². The molecule has 0 unspecified atom stereocenters. The number of hydrogen-bond acceptors (Lipinski definition) is 0. The maximum Gasteiger partial charge on any atom is 0.162 e. The van der Waals surface area contributed by atoms with Gasteiger partial charge in [0.15, 0.2) is 11.6 Å². The van der Waals surface area contributed by atoms with Crippen molar-refractivity contribution in [3.05, 3.63) is 76.1 Å². The van der Waals surface area contributed by atoms with Crippen molar-refractivity contribution in [3.8, 4) is 0 Å². The molecule has 4 rings (SSSR count). The molecule has 0 saturated heterocycles. The van der Waals surface area contributed by atoms with Gasteiger partial charge >= 0.3 is 0 Å². The Kier molecular flexibility index (Phi) is 6.65. The summed E-state index contributed by atoms with van der Waals surface area (Å²) in [5, 5.41) is 0. The minimum Gasteiger partial charge on any atom is -0.207 e. The molecule has 2 aromatic carbocycles. The monoisotopic (exact) mass is 412 g/mol. The third kappa shape index (κ3) is 4.66. The fourth-order valence-electron chi connectivity index (χ4n) is 5.21. The Morgan fingerprint density at radius 3 is 1.93 bits per heavy atom. The van der Waals surface area contributed by atoms with Crippen molar-refractivity contribution >= 4 is 6.08 Å². The highest BCUT2D eigenvalue weighted by Crippen LogP contribution is 2.40. The molecule has 30 heavy (non-hydrogen) atoms. The molecule has 2 saturated carbocycles. The molecule has 0 nitrogen and oxygen atoms in total. The van der Waals surface area contributed by atoms with E-state index in [0.717, 1.165) is 56.9 Å². The topological polar surface area (TPSA) is 0 Å². The molecule has 0 N–H and O–H groups in total. The summed E-state index contributed by atoms with van der Waals surface area (Å²) in [6.07, 6.45) is 13.1. The molecule has 0 spiro atoms. The van der Waals surface area contributed by atoms with E-state index >= 15 is 0 Å². The Bertz CT molecular complexity index is 901. The first kappa shape index (κ1) is 21.2. The molecule has 0 aromatic heterocycles. The van der Waals surface area contributed by atoms with Crippen molar-refractivity contribution in [3.63, 3.8) is 0 Å². The average molecular weight is 413 g/mol. The van der Waals surface area contributed by atoms with Crippen molar-refractivity contribution in [1.82, 2.24) is 0 Å². The number of rotatable bonds is 4. The van der Waals surface area contributed by atoms with Gasteiger partial charge in [-0.1, -0.05) is 55.7 Å². The Labute approximate surface area is 178 Å². The van der Waals surface area contributed by atoms with Gasteiger partial charge in [0, 0.05) is 0 Å². The number of halogens is 3. The van der Waals surface area contributed by atoms with Crippen LogP contribution in [-0.2, 0) is 0 Å². The van der Waals surface area contributed by atoms with Gasteiger partial charge in [0.25, 0.3) is 0 Å². The minimum atomic E-state index is -0.618. The maximum absolute atomic E-state index is 14.9. The molecule has 0 aliphatic heterocycles. The molecule has 0 radical (unpaired) electrons. The van der Waals surface area contributed by atoms with Gasteiger partial charge in [-0.15, -0.1) is 0 Å². The number of allylic oxidation sites excluding steroid dienone is 1. The van der Waals surface area contributed by atoms with Crippen LogP contribution in [0, 0.1) is 30.3 Å². The van der Waals surface area contributed by atoms with E-state index in [2.05, 4.69) is 6.08 Å². The zero-order valence-corrected chi connectivity index (χ0v) is 17.8. The molecule has 0 amide bonds. The molecule has 160 valence electrons. The van der Waals surface area contributed by atoms with E-state index in [1.165, 1.54) is 6.42 Å². The second-order valence-electron chi connectivity index (χ2n) is 9.19. The van der Waals surface area contributed by atoms with Crippen LogP contribution in [0.1, 0.15) is 91.9 Å². The van der Waals surface area contributed by atoms with Crippen molar-refractivity contribution < 1.29 is 13.2 Å². The summed E-state index contributed by atoms with van der Waals surface area (Å²) in [6, 6.07) is 8.97. The average Bonchev–Trinajstić information content (AvgIpc) is 2.77. The lowest BCUT2D eigenvalue weighted by atomic mass is 9.77. The van der Waals surface area contributed by atoms with Gasteiger partial charge < -0.3 is 0 Å². The van der Waals surface area contributed by atoms with E-state index in [1.54, 1.807) is 19.1 Å². The van der Waals surface area contributed by atoms with Gasteiger partial charge in [-0.05, 0) is 91.5 Å². The second-order valence-corrected chi connectivity index (χ2v) is 9.19. The highest BCUT2D eigenvalue weighted by atomic mass is 19.2. The summed E-state index contributed by atoms with van der Waals surface area (Å²) < 4.78 is 43.4.